The number of nitrogens with one attached hydrogen (secondary N) is 1. The molecule has 2 rings (SSSR count). The number of likely N-dealkylation sites (tertiary alicyclic amines) is 1. The van der Waals surface area contributed by atoms with Gasteiger partial charge in [-0.2, -0.15) is 0 Å². The van der Waals surface area contributed by atoms with E-state index in [4.69, 9.17) is 10.5 Å². The third-order valence-corrected chi connectivity index (χ3v) is 4.72. The lowest BCUT2D eigenvalue weighted by Gasteiger charge is -2.36. The second-order valence-corrected chi connectivity index (χ2v) is 6.66. The quantitative estimate of drug-likeness (QED) is 0.669. The molecule has 7 heteroatoms. The van der Waals surface area contributed by atoms with Gasteiger partial charge in [-0.25, -0.2) is 0 Å². The van der Waals surface area contributed by atoms with Crippen LogP contribution in [0.5, 0.6) is 5.75 Å². The highest BCUT2D eigenvalue weighted by molar-refractivity contribution is 5.85. The monoisotopic (exact) mass is 397 g/mol. The molecule has 0 saturated carbocycles. The SMILES string of the molecule is CCOc1ccc(CCC(=O)N2CCCCC2CNC(=O)CCN)cc1.Cl. The van der Waals surface area contributed by atoms with E-state index in [9.17, 15) is 9.59 Å². The number of carbonyl (C=O) groups excluding carboxylic acids is 2. The van der Waals surface area contributed by atoms with Gasteiger partial charge in [-0.1, -0.05) is 12.1 Å². The normalized spacial score (nSPS) is 16.4. The number of nitrogens with zero attached hydrogens (tertiary/aromatic N) is 1. The van der Waals surface area contributed by atoms with E-state index < -0.39 is 0 Å². The number of carbonyl (C=O) groups is 2. The van der Waals surface area contributed by atoms with Crippen LogP contribution in [0, 0.1) is 0 Å². The summed E-state index contributed by atoms with van der Waals surface area (Å²) in [4.78, 5) is 26.3. The number of rotatable bonds is 9. The predicted molar refractivity (Wildman–Crippen MR) is 109 cm³/mol. The van der Waals surface area contributed by atoms with Crippen LogP contribution in [0.3, 0.4) is 0 Å². The highest BCUT2D eigenvalue weighted by Crippen LogP contribution is 2.19. The molecule has 0 radical (unpaired) electrons. The number of hydrogen-bond acceptors (Lipinski definition) is 4. The Labute approximate surface area is 168 Å². The van der Waals surface area contributed by atoms with Crippen molar-refractivity contribution >= 4 is 24.2 Å². The first-order chi connectivity index (χ1) is 12.6. The summed E-state index contributed by atoms with van der Waals surface area (Å²) in [7, 11) is 0. The molecule has 2 amide bonds. The molecule has 0 spiro atoms. The van der Waals surface area contributed by atoms with Crippen molar-refractivity contribution in [3.63, 3.8) is 0 Å². The summed E-state index contributed by atoms with van der Waals surface area (Å²) in [6.07, 6.45) is 4.60. The van der Waals surface area contributed by atoms with E-state index in [0.29, 0.717) is 39.0 Å². The Bertz CT molecular complexity index is 580. The fourth-order valence-corrected chi connectivity index (χ4v) is 3.31. The number of piperidine rings is 1. The number of halogens is 1. The van der Waals surface area contributed by atoms with Crippen LogP contribution in [-0.2, 0) is 16.0 Å². The molecular formula is C20H32ClN3O3. The van der Waals surface area contributed by atoms with E-state index in [-0.39, 0.29) is 30.3 Å². The average molecular weight is 398 g/mol. The Kier molecular flexibility index (Phi) is 10.8. The largest absolute Gasteiger partial charge is 0.494 e. The van der Waals surface area contributed by atoms with Gasteiger partial charge in [-0.3, -0.25) is 9.59 Å². The molecule has 3 N–H and O–H groups in total. The molecule has 1 unspecified atom stereocenters. The summed E-state index contributed by atoms with van der Waals surface area (Å²) >= 11 is 0. The van der Waals surface area contributed by atoms with Crippen LogP contribution in [0.25, 0.3) is 0 Å². The van der Waals surface area contributed by atoms with Crippen molar-refractivity contribution in [1.82, 2.24) is 10.2 Å². The van der Waals surface area contributed by atoms with E-state index in [1.807, 2.05) is 36.1 Å². The number of nitrogens with two attached hydrogens (primary N) is 1. The van der Waals surface area contributed by atoms with Gasteiger partial charge in [0.15, 0.2) is 0 Å². The number of benzene rings is 1. The van der Waals surface area contributed by atoms with E-state index in [2.05, 4.69) is 5.32 Å². The molecule has 1 aliphatic rings. The Morgan fingerprint density at radius 2 is 1.96 bits per heavy atom. The van der Waals surface area contributed by atoms with Crippen molar-refractivity contribution < 1.29 is 14.3 Å². The van der Waals surface area contributed by atoms with Crippen molar-refractivity contribution in [3.05, 3.63) is 29.8 Å². The molecule has 0 aromatic heterocycles. The van der Waals surface area contributed by atoms with Crippen LogP contribution in [0.15, 0.2) is 24.3 Å². The van der Waals surface area contributed by atoms with Crippen molar-refractivity contribution in [2.45, 2.75) is 51.5 Å². The van der Waals surface area contributed by atoms with Crippen molar-refractivity contribution in [3.8, 4) is 5.75 Å². The fraction of sp³-hybridized carbons (Fsp3) is 0.600. The topological polar surface area (TPSA) is 84.7 Å². The highest BCUT2D eigenvalue weighted by Gasteiger charge is 2.26. The molecule has 1 saturated heterocycles. The maximum absolute atomic E-state index is 12.7. The zero-order valence-corrected chi connectivity index (χ0v) is 16.9. The lowest BCUT2D eigenvalue weighted by Crippen LogP contribution is -2.49. The molecule has 1 aromatic carbocycles. The molecule has 1 heterocycles. The molecule has 6 nitrogen and oxygen atoms in total. The maximum Gasteiger partial charge on any atom is 0.223 e. The summed E-state index contributed by atoms with van der Waals surface area (Å²) in [6.45, 7) is 4.25. The van der Waals surface area contributed by atoms with Gasteiger partial charge in [0.1, 0.15) is 5.75 Å². The molecule has 0 bridgehead atoms. The first-order valence-electron chi connectivity index (χ1n) is 9.62. The van der Waals surface area contributed by atoms with Gasteiger partial charge >= 0.3 is 0 Å². The van der Waals surface area contributed by atoms with Gasteiger partial charge in [0.05, 0.1) is 6.61 Å². The van der Waals surface area contributed by atoms with Gasteiger partial charge in [0.25, 0.3) is 0 Å². The van der Waals surface area contributed by atoms with Crippen LogP contribution < -0.4 is 15.8 Å². The molecule has 0 aliphatic carbocycles. The number of aryl methyl sites for hydroxylation is 1. The van der Waals surface area contributed by atoms with E-state index in [1.165, 1.54) is 0 Å². The summed E-state index contributed by atoms with van der Waals surface area (Å²) in [5.41, 5.74) is 6.53. The van der Waals surface area contributed by atoms with Crippen LogP contribution in [-0.4, -0.2) is 49.0 Å². The molecule has 152 valence electrons. The van der Waals surface area contributed by atoms with Gasteiger partial charge in [-0.05, 0) is 50.3 Å². The first kappa shape index (κ1) is 23.2. The maximum atomic E-state index is 12.7. The summed E-state index contributed by atoms with van der Waals surface area (Å²) < 4.78 is 5.44. The van der Waals surface area contributed by atoms with Gasteiger partial charge in [0, 0.05) is 38.5 Å². The summed E-state index contributed by atoms with van der Waals surface area (Å²) in [6, 6.07) is 8.01. The zero-order chi connectivity index (χ0) is 18.8. The number of hydrogen-bond donors (Lipinski definition) is 2. The van der Waals surface area contributed by atoms with Gasteiger partial charge < -0.3 is 20.7 Å². The van der Waals surface area contributed by atoms with Crippen LogP contribution >= 0.6 is 12.4 Å². The molecule has 1 atom stereocenters. The summed E-state index contributed by atoms with van der Waals surface area (Å²) in [5.74, 6) is 0.975. The summed E-state index contributed by atoms with van der Waals surface area (Å²) in [5, 5.41) is 2.90. The lowest BCUT2D eigenvalue weighted by atomic mass is 10.0. The van der Waals surface area contributed by atoms with E-state index in [0.717, 1.165) is 37.1 Å². The minimum Gasteiger partial charge on any atom is -0.494 e. The van der Waals surface area contributed by atoms with Crippen molar-refractivity contribution in [2.75, 3.05) is 26.2 Å². The minimum atomic E-state index is -0.0418. The third-order valence-electron chi connectivity index (χ3n) is 4.72. The smallest absolute Gasteiger partial charge is 0.223 e. The van der Waals surface area contributed by atoms with E-state index >= 15 is 0 Å². The Morgan fingerprint density at radius 3 is 2.63 bits per heavy atom. The van der Waals surface area contributed by atoms with Crippen LogP contribution in [0.4, 0.5) is 0 Å². The number of amides is 2. The molecule has 1 aliphatic heterocycles. The Morgan fingerprint density at radius 1 is 1.22 bits per heavy atom. The second-order valence-electron chi connectivity index (χ2n) is 6.66. The van der Waals surface area contributed by atoms with E-state index in [1.54, 1.807) is 0 Å². The average Bonchev–Trinajstić information content (AvgIpc) is 2.66. The second kappa shape index (κ2) is 12.6. The van der Waals surface area contributed by atoms with Gasteiger partial charge in [0.2, 0.25) is 11.8 Å². The van der Waals surface area contributed by atoms with Crippen LogP contribution in [0.1, 0.15) is 44.6 Å². The lowest BCUT2D eigenvalue weighted by molar-refractivity contribution is -0.135. The zero-order valence-electron chi connectivity index (χ0n) is 16.1. The third kappa shape index (κ3) is 7.77. The first-order valence-corrected chi connectivity index (χ1v) is 9.62. The van der Waals surface area contributed by atoms with Crippen molar-refractivity contribution in [1.29, 1.82) is 0 Å². The Hall–Kier alpha value is -1.79. The number of ether oxygens (including phenoxy) is 1. The molecule has 1 aromatic rings. The van der Waals surface area contributed by atoms with Gasteiger partial charge in [-0.15, -0.1) is 12.4 Å². The molecular weight excluding hydrogens is 366 g/mol. The molecule has 1 fully saturated rings. The molecule has 27 heavy (non-hydrogen) atoms. The fourth-order valence-electron chi connectivity index (χ4n) is 3.31. The van der Waals surface area contributed by atoms with Crippen molar-refractivity contribution in [2.24, 2.45) is 5.73 Å². The predicted octanol–water partition coefficient (Wildman–Crippen LogP) is 2.29. The minimum absolute atomic E-state index is 0. The Balaban J connectivity index is 0.00000364. The van der Waals surface area contributed by atoms with Crippen LogP contribution in [0.2, 0.25) is 0 Å². The highest BCUT2D eigenvalue weighted by atomic mass is 35.5. The standard InChI is InChI=1S/C20H31N3O3.ClH/c1-2-26-18-9-6-16(7-10-18)8-11-20(25)23-14-4-3-5-17(23)15-22-19(24)12-13-21;/h6-7,9-10,17H,2-5,8,11-15,21H2,1H3,(H,22,24);1H.